The molecular formula is C17H15ClF3NO4S. The fourth-order valence-electron chi connectivity index (χ4n) is 2.60. The van der Waals surface area contributed by atoms with Crippen molar-refractivity contribution >= 4 is 21.6 Å². The van der Waals surface area contributed by atoms with E-state index in [2.05, 4.69) is 0 Å². The highest BCUT2D eigenvalue weighted by Gasteiger charge is 2.35. The van der Waals surface area contributed by atoms with Crippen LogP contribution >= 0.6 is 11.6 Å². The number of rotatable bonds is 4. The maximum atomic E-state index is 13.0. The Labute approximate surface area is 159 Å². The van der Waals surface area contributed by atoms with Crippen LogP contribution in [0.4, 0.5) is 13.2 Å². The Hall–Kier alpha value is -1.97. The molecule has 3 rings (SSSR count). The van der Waals surface area contributed by atoms with Crippen LogP contribution in [0.1, 0.15) is 5.56 Å². The zero-order valence-electron chi connectivity index (χ0n) is 14.0. The van der Waals surface area contributed by atoms with Gasteiger partial charge in [0.25, 0.3) is 0 Å². The van der Waals surface area contributed by atoms with Gasteiger partial charge >= 0.3 is 6.18 Å². The van der Waals surface area contributed by atoms with Gasteiger partial charge in [0.05, 0.1) is 22.0 Å². The van der Waals surface area contributed by atoms with Crippen LogP contribution < -0.4 is 9.47 Å². The fourth-order valence-corrected chi connectivity index (χ4v) is 4.05. The molecule has 1 aliphatic rings. The van der Waals surface area contributed by atoms with Crippen molar-refractivity contribution in [3.8, 4) is 11.5 Å². The molecule has 1 heterocycles. The molecule has 0 saturated carbocycles. The molecule has 1 aliphatic heterocycles. The summed E-state index contributed by atoms with van der Waals surface area (Å²) >= 11 is 5.55. The Bertz CT molecular complexity index is 949. The summed E-state index contributed by atoms with van der Waals surface area (Å²) in [4.78, 5) is -0.501. The molecule has 0 amide bonds. The predicted octanol–water partition coefficient (Wildman–Crippen LogP) is 3.82. The number of fused-ring (bicyclic) bond motifs is 1. The molecule has 2 aromatic carbocycles. The van der Waals surface area contributed by atoms with E-state index in [0.29, 0.717) is 17.6 Å². The van der Waals surface area contributed by atoms with Gasteiger partial charge in [0.15, 0.2) is 11.5 Å². The summed E-state index contributed by atoms with van der Waals surface area (Å²) in [5.74, 6) is 1.03. The van der Waals surface area contributed by atoms with Gasteiger partial charge in [-0.25, -0.2) is 8.42 Å². The van der Waals surface area contributed by atoms with E-state index in [1.165, 1.54) is 7.05 Å². The summed E-state index contributed by atoms with van der Waals surface area (Å²) in [6.07, 6.45) is -5.36. The van der Waals surface area contributed by atoms with Crippen molar-refractivity contribution in [3.05, 3.63) is 53.1 Å². The standard InChI is InChI=1S/C17H15ClF3NO4S/c1-22(9-11-10-25-15-4-2-3-5-16(15)26-11)27(23,24)12-6-7-14(18)13(8-12)17(19,20)21/h2-8,11H,9-10H2,1H3/t11-/m1/s1. The molecule has 5 nitrogen and oxygen atoms in total. The van der Waals surface area contributed by atoms with Gasteiger partial charge in [-0.1, -0.05) is 23.7 Å². The van der Waals surface area contributed by atoms with Crippen LogP contribution in [-0.4, -0.2) is 39.0 Å². The van der Waals surface area contributed by atoms with Crippen molar-refractivity contribution < 1.29 is 31.1 Å². The predicted molar refractivity (Wildman–Crippen MR) is 92.6 cm³/mol. The first kappa shape index (κ1) is 19.8. The third kappa shape index (κ3) is 4.15. The van der Waals surface area contributed by atoms with Crippen molar-refractivity contribution in [2.45, 2.75) is 17.2 Å². The van der Waals surface area contributed by atoms with Crippen LogP contribution in [0.3, 0.4) is 0 Å². The zero-order chi connectivity index (χ0) is 19.8. The Morgan fingerprint density at radius 1 is 1.19 bits per heavy atom. The summed E-state index contributed by atoms with van der Waals surface area (Å²) in [6, 6.07) is 9.42. The SMILES string of the molecule is CN(C[C@@H]1COc2ccccc2O1)S(=O)(=O)c1ccc(Cl)c(C(F)(F)F)c1. The largest absolute Gasteiger partial charge is 0.486 e. The monoisotopic (exact) mass is 421 g/mol. The number of hydrogen-bond donors (Lipinski definition) is 0. The third-order valence-electron chi connectivity index (χ3n) is 3.98. The lowest BCUT2D eigenvalue weighted by atomic mass is 10.2. The molecular weight excluding hydrogens is 407 g/mol. The van der Waals surface area contributed by atoms with Crippen molar-refractivity contribution in [2.75, 3.05) is 20.2 Å². The normalized spacial score (nSPS) is 17.2. The number of ether oxygens (including phenoxy) is 2. The first-order valence-electron chi connectivity index (χ1n) is 7.80. The topological polar surface area (TPSA) is 55.8 Å². The number of hydrogen-bond acceptors (Lipinski definition) is 4. The molecule has 1 atom stereocenters. The molecule has 10 heteroatoms. The second kappa shape index (κ2) is 7.21. The minimum absolute atomic E-state index is 0.0966. The number of benzene rings is 2. The molecule has 0 unspecified atom stereocenters. The van der Waals surface area contributed by atoms with E-state index in [9.17, 15) is 21.6 Å². The molecule has 0 aliphatic carbocycles. The van der Waals surface area contributed by atoms with Crippen molar-refractivity contribution in [1.82, 2.24) is 4.31 Å². The minimum atomic E-state index is -4.76. The summed E-state index contributed by atoms with van der Waals surface area (Å²) in [6.45, 7) is 0.0198. The second-order valence-corrected chi connectivity index (χ2v) is 8.37. The third-order valence-corrected chi connectivity index (χ3v) is 6.13. The Kier molecular flexibility index (Phi) is 5.29. The molecule has 0 saturated heterocycles. The number of para-hydroxylation sites is 2. The molecule has 146 valence electrons. The van der Waals surface area contributed by atoms with Gasteiger partial charge in [0.2, 0.25) is 10.0 Å². The van der Waals surface area contributed by atoms with E-state index in [-0.39, 0.29) is 13.2 Å². The van der Waals surface area contributed by atoms with Crippen LogP contribution in [0.15, 0.2) is 47.4 Å². The van der Waals surface area contributed by atoms with Gasteiger partial charge in [0.1, 0.15) is 12.7 Å². The number of nitrogens with zero attached hydrogens (tertiary/aromatic N) is 1. The van der Waals surface area contributed by atoms with Gasteiger partial charge in [0, 0.05) is 7.05 Å². The van der Waals surface area contributed by atoms with Crippen molar-refractivity contribution in [2.24, 2.45) is 0 Å². The molecule has 0 spiro atoms. The van der Waals surface area contributed by atoms with Crippen molar-refractivity contribution in [3.63, 3.8) is 0 Å². The lowest BCUT2D eigenvalue weighted by Gasteiger charge is -2.29. The highest BCUT2D eigenvalue weighted by atomic mass is 35.5. The van der Waals surface area contributed by atoms with E-state index < -0.39 is 37.8 Å². The molecule has 0 aromatic heterocycles. The maximum absolute atomic E-state index is 13.0. The highest BCUT2D eigenvalue weighted by Crippen LogP contribution is 2.36. The van der Waals surface area contributed by atoms with Crippen LogP contribution in [0, 0.1) is 0 Å². The van der Waals surface area contributed by atoms with Crippen LogP contribution in [-0.2, 0) is 16.2 Å². The van der Waals surface area contributed by atoms with Gasteiger partial charge in [-0.05, 0) is 30.3 Å². The van der Waals surface area contributed by atoms with Crippen LogP contribution in [0.25, 0.3) is 0 Å². The van der Waals surface area contributed by atoms with E-state index in [1.807, 2.05) is 0 Å². The Morgan fingerprint density at radius 2 is 1.85 bits per heavy atom. The number of sulfonamides is 1. The van der Waals surface area contributed by atoms with E-state index in [1.54, 1.807) is 24.3 Å². The first-order valence-corrected chi connectivity index (χ1v) is 9.62. The molecule has 0 radical (unpaired) electrons. The van der Waals surface area contributed by atoms with E-state index >= 15 is 0 Å². The first-order chi connectivity index (χ1) is 12.6. The second-order valence-electron chi connectivity index (χ2n) is 5.92. The average Bonchev–Trinajstić information content (AvgIpc) is 2.60. The van der Waals surface area contributed by atoms with Crippen molar-refractivity contribution in [1.29, 1.82) is 0 Å². The summed E-state index contributed by atoms with van der Waals surface area (Å²) in [5.41, 5.74) is -1.20. The van der Waals surface area contributed by atoms with Gasteiger partial charge < -0.3 is 9.47 Å². The van der Waals surface area contributed by atoms with Gasteiger partial charge in [-0.3, -0.25) is 0 Å². The number of likely N-dealkylation sites (N-methyl/N-ethyl adjacent to an activating group) is 1. The van der Waals surface area contributed by atoms with E-state index in [0.717, 1.165) is 16.4 Å². The quantitative estimate of drug-likeness (QED) is 0.753. The van der Waals surface area contributed by atoms with Gasteiger partial charge in [-0.15, -0.1) is 0 Å². The molecule has 0 bridgehead atoms. The molecule has 2 aromatic rings. The lowest BCUT2D eigenvalue weighted by Crippen LogP contribution is -2.41. The van der Waals surface area contributed by atoms with Gasteiger partial charge in [-0.2, -0.15) is 17.5 Å². The summed E-state index contributed by atoms with van der Waals surface area (Å²) < 4.78 is 76.5. The van der Waals surface area contributed by atoms with E-state index in [4.69, 9.17) is 21.1 Å². The number of alkyl halides is 3. The maximum Gasteiger partial charge on any atom is 0.417 e. The highest BCUT2D eigenvalue weighted by molar-refractivity contribution is 7.89. The summed E-state index contributed by atoms with van der Waals surface area (Å²) in [7, 11) is -2.91. The van der Waals surface area contributed by atoms with Crippen LogP contribution in [0.5, 0.6) is 11.5 Å². The zero-order valence-corrected chi connectivity index (χ0v) is 15.6. The molecule has 0 fully saturated rings. The Morgan fingerprint density at radius 3 is 2.52 bits per heavy atom. The summed E-state index contributed by atoms with van der Waals surface area (Å²) in [5, 5.41) is -0.565. The minimum Gasteiger partial charge on any atom is -0.486 e. The molecule has 0 N–H and O–H groups in total. The lowest BCUT2D eigenvalue weighted by molar-refractivity contribution is -0.137. The Balaban J connectivity index is 1.80. The van der Waals surface area contributed by atoms with Crippen LogP contribution in [0.2, 0.25) is 5.02 Å². The average molecular weight is 422 g/mol. The molecule has 27 heavy (non-hydrogen) atoms. The number of halogens is 4. The fraction of sp³-hybridized carbons (Fsp3) is 0.294. The smallest absolute Gasteiger partial charge is 0.417 e.